The van der Waals surface area contributed by atoms with Crippen LogP contribution in [0.2, 0.25) is 0 Å². The zero-order valence-corrected chi connectivity index (χ0v) is 28.3. The maximum Gasteiger partial charge on any atom is 0.292 e. The van der Waals surface area contributed by atoms with Gasteiger partial charge in [-0.15, -0.1) is 0 Å². The Labute approximate surface area is 257 Å². The number of hydrogen-bond donors (Lipinski definition) is 1. The summed E-state index contributed by atoms with van der Waals surface area (Å²) in [6, 6.07) is 0. The minimum Gasteiger partial charge on any atom is -0.360 e. The fourth-order valence-electron chi connectivity index (χ4n) is 5.26. The van der Waals surface area contributed by atoms with E-state index in [2.05, 4.69) is 38.2 Å². The van der Waals surface area contributed by atoms with Gasteiger partial charge in [-0.2, -0.15) is 8.42 Å². The first-order valence-corrected chi connectivity index (χ1v) is 19.4. The number of ether oxygens (including phenoxy) is 1. The van der Waals surface area contributed by atoms with Crippen LogP contribution in [0.15, 0.2) is 24.3 Å². The first kappa shape index (κ1) is 40.4. The molecule has 0 aliphatic carbocycles. The molecule has 41 heavy (non-hydrogen) atoms. The summed E-state index contributed by atoms with van der Waals surface area (Å²) in [4.78, 5) is 0. The second-order valence-electron chi connectivity index (χ2n) is 12.1. The van der Waals surface area contributed by atoms with Gasteiger partial charge >= 0.3 is 0 Å². The summed E-state index contributed by atoms with van der Waals surface area (Å²) >= 11 is 0. The van der Waals surface area contributed by atoms with Crippen molar-refractivity contribution in [3.05, 3.63) is 24.3 Å². The molecule has 5 heteroatoms. The third kappa shape index (κ3) is 32.1. The van der Waals surface area contributed by atoms with Crippen LogP contribution in [0, 0.1) is 0 Å². The average molecular weight is 599 g/mol. The summed E-state index contributed by atoms with van der Waals surface area (Å²) in [6.45, 7) is 4.94. The topological polar surface area (TPSA) is 63.6 Å². The first-order chi connectivity index (χ1) is 20.0. The SMILES string of the molecule is CCCCCCCCC=CCCCCCCCCOC(CCCCCCCC=CCCCCCCCC)S(=O)(=O)O. The minimum atomic E-state index is -4.14. The summed E-state index contributed by atoms with van der Waals surface area (Å²) in [5.41, 5.74) is -1.06. The molecule has 1 N–H and O–H groups in total. The van der Waals surface area contributed by atoms with E-state index in [1.165, 1.54) is 128 Å². The molecule has 0 aliphatic heterocycles. The molecule has 0 aromatic carbocycles. The fourth-order valence-corrected chi connectivity index (χ4v) is 6.00. The fraction of sp³-hybridized carbons (Fsp3) is 0.889. The van der Waals surface area contributed by atoms with Gasteiger partial charge in [0.05, 0.1) is 0 Å². The van der Waals surface area contributed by atoms with Crippen LogP contribution in [0.5, 0.6) is 0 Å². The lowest BCUT2D eigenvalue weighted by Gasteiger charge is -2.15. The molecule has 0 aromatic rings. The Bertz CT molecular complexity index is 671. The number of allylic oxidation sites excluding steroid dienone is 4. The normalized spacial score (nSPS) is 13.1. The monoisotopic (exact) mass is 598 g/mol. The van der Waals surface area contributed by atoms with Crippen molar-refractivity contribution in [3.63, 3.8) is 0 Å². The summed E-state index contributed by atoms with van der Waals surface area (Å²) in [7, 11) is -4.14. The van der Waals surface area contributed by atoms with Crippen LogP contribution in [0.3, 0.4) is 0 Å². The van der Waals surface area contributed by atoms with Crippen molar-refractivity contribution >= 4 is 10.1 Å². The van der Waals surface area contributed by atoms with Crippen LogP contribution in [0.1, 0.15) is 194 Å². The Balaban J connectivity index is 3.60. The zero-order valence-electron chi connectivity index (χ0n) is 27.5. The molecule has 0 aliphatic rings. The highest BCUT2D eigenvalue weighted by atomic mass is 32.2. The van der Waals surface area contributed by atoms with Crippen LogP contribution in [-0.2, 0) is 14.9 Å². The Hall–Kier alpha value is -0.650. The third-order valence-electron chi connectivity index (χ3n) is 7.99. The molecule has 0 rings (SSSR count). The van der Waals surface area contributed by atoms with E-state index >= 15 is 0 Å². The van der Waals surface area contributed by atoms with E-state index in [0.29, 0.717) is 13.0 Å². The van der Waals surface area contributed by atoms with E-state index in [1.54, 1.807) is 0 Å². The number of hydrogen-bond acceptors (Lipinski definition) is 3. The molecule has 0 heterocycles. The van der Waals surface area contributed by atoms with E-state index in [9.17, 15) is 13.0 Å². The van der Waals surface area contributed by atoms with Gasteiger partial charge in [0, 0.05) is 6.61 Å². The van der Waals surface area contributed by atoms with Gasteiger partial charge in [0.25, 0.3) is 10.1 Å². The van der Waals surface area contributed by atoms with Crippen LogP contribution in [0.4, 0.5) is 0 Å². The lowest BCUT2D eigenvalue weighted by molar-refractivity contribution is 0.0881. The van der Waals surface area contributed by atoms with Crippen LogP contribution < -0.4 is 0 Å². The van der Waals surface area contributed by atoms with E-state index in [0.717, 1.165) is 44.9 Å². The molecule has 1 atom stereocenters. The molecule has 0 saturated carbocycles. The lowest BCUT2D eigenvalue weighted by atomic mass is 10.1. The van der Waals surface area contributed by atoms with Crippen molar-refractivity contribution in [1.29, 1.82) is 0 Å². The quantitative estimate of drug-likeness (QED) is 0.0463. The molecule has 0 bridgehead atoms. The molecule has 0 aromatic heterocycles. The standard InChI is InChI=1S/C36H70O4S/c1-3-5-7-9-11-13-15-17-19-21-23-25-27-29-31-33-35-40-36(41(37,38)39)34-32-30-28-26-24-22-20-18-16-14-12-10-8-6-4-2/h17-20,36H,3-16,21-35H2,1-2H3,(H,37,38,39). The Morgan fingerprint density at radius 2 is 0.805 bits per heavy atom. The molecule has 0 amide bonds. The summed E-state index contributed by atoms with van der Waals surface area (Å²) in [6.07, 6.45) is 42.9. The smallest absolute Gasteiger partial charge is 0.292 e. The highest BCUT2D eigenvalue weighted by Gasteiger charge is 2.22. The van der Waals surface area contributed by atoms with Crippen molar-refractivity contribution in [2.75, 3.05) is 6.61 Å². The van der Waals surface area contributed by atoms with E-state index in [1.807, 2.05) is 0 Å². The van der Waals surface area contributed by atoms with Crippen LogP contribution >= 0.6 is 0 Å². The molecule has 0 saturated heterocycles. The van der Waals surface area contributed by atoms with E-state index < -0.39 is 15.6 Å². The third-order valence-corrected chi connectivity index (χ3v) is 9.03. The second kappa shape index (κ2) is 32.3. The van der Waals surface area contributed by atoms with Crippen molar-refractivity contribution in [1.82, 2.24) is 0 Å². The maximum atomic E-state index is 11.7. The highest BCUT2D eigenvalue weighted by Crippen LogP contribution is 2.16. The summed E-state index contributed by atoms with van der Waals surface area (Å²) in [5, 5.41) is 0. The van der Waals surface area contributed by atoms with Gasteiger partial charge in [-0.1, -0.05) is 147 Å². The average Bonchev–Trinajstić information content (AvgIpc) is 2.95. The lowest BCUT2D eigenvalue weighted by Crippen LogP contribution is -2.24. The molecule has 0 spiro atoms. The maximum absolute atomic E-state index is 11.7. The summed E-state index contributed by atoms with van der Waals surface area (Å²) in [5.74, 6) is 0. The molecular weight excluding hydrogens is 528 g/mol. The van der Waals surface area contributed by atoms with E-state index in [-0.39, 0.29) is 0 Å². The van der Waals surface area contributed by atoms with Crippen molar-refractivity contribution in [3.8, 4) is 0 Å². The van der Waals surface area contributed by atoms with E-state index in [4.69, 9.17) is 4.74 Å². The highest BCUT2D eigenvalue weighted by molar-refractivity contribution is 7.86. The van der Waals surface area contributed by atoms with Gasteiger partial charge in [0.15, 0.2) is 5.44 Å². The van der Waals surface area contributed by atoms with Crippen molar-refractivity contribution in [2.45, 2.75) is 199 Å². The Morgan fingerprint density at radius 3 is 1.17 bits per heavy atom. The second-order valence-corrected chi connectivity index (χ2v) is 13.7. The molecule has 0 fully saturated rings. The van der Waals surface area contributed by atoms with Gasteiger partial charge in [-0.3, -0.25) is 4.55 Å². The predicted molar refractivity (Wildman–Crippen MR) is 180 cm³/mol. The van der Waals surface area contributed by atoms with Gasteiger partial charge < -0.3 is 4.74 Å². The Morgan fingerprint density at radius 1 is 0.488 bits per heavy atom. The van der Waals surface area contributed by atoms with Crippen LogP contribution in [-0.4, -0.2) is 25.0 Å². The predicted octanol–water partition coefficient (Wildman–Crippen LogP) is 12.3. The molecule has 1 unspecified atom stereocenters. The van der Waals surface area contributed by atoms with Crippen LogP contribution in [0.25, 0.3) is 0 Å². The number of unbranched alkanes of at least 4 members (excludes halogenated alkanes) is 23. The Kier molecular flexibility index (Phi) is 31.8. The van der Waals surface area contributed by atoms with Gasteiger partial charge in [-0.25, -0.2) is 0 Å². The van der Waals surface area contributed by atoms with Gasteiger partial charge in [-0.05, 0) is 70.6 Å². The van der Waals surface area contributed by atoms with Crippen molar-refractivity contribution in [2.24, 2.45) is 0 Å². The van der Waals surface area contributed by atoms with Gasteiger partial charge in [0.1, 0.15) is 0 Å². The number of rotatable bonds is 33. The molecule has 244 valence electrons. The molecule has 4 nitrogen and oxygen atoms in total. The van der Waals surface area contributed by atoms with Crippen molar-refractivity contribution < 1.29 is 17.7 Å². The molecular formula is C36H70O4S. The van der Waals surface area contributed by atoms with Gasteiger partial charge in [0.2, 0.25) is 0 Å². The summed E-state index contributed by atoms with van der Waals surface area (Å²) < 4.78 is 38.6. The minimum absolute atomic E-state index is 0.392. The molecule has 0 radical (unpaired) electrons. The zero-order chi connectivity index (χ0) is 30.1. The largest absolute Gasteiger partial charge is 0.360 e. The first-order valence-electron chi connectivity index (χ1n) is 17.9.